The normalized spacial score (nSPS) is 33.7. The van der Waals surface area contributed by atoms with Crippen molar-refractivity contribution < 1.29 is 33.5 Å². The fraction of sp³-hybridized carbons (Fsp3) is 0.731. The number of aliphatic hydroxyl groups excluding tert-OH is 1. The third-order valence-electron chi connectivity index (χ3n) is 8.98. The van der Waals surface area contributed by atoms with E-state index in [0.717, 1.165) is 50.5 Å². The van der Waals surface area contributed by atoms with Gasteiger partial charge in [0, 0.05) is 5.41 Å². The number of fused-ring (bicyclic) bond motifs is 5. The molecule has 0 unspecified atom stereocenters. The van der Waals surface area contributed by atoms with Gasteiger partial charge in [-0.25, -0.2) is 4.57 Å². The SMILES string of the molecule is CCC[C@@H]1Cc2cc(OP(=O)(O)O)ccc2[C@H]2CC[C@]3(C)[C@@H](OC(=O)[C@H](NC)[C@H](C)O)CC[C@H]3[C@H]12. The lowest BCUT2D eigenvalue weighted by atomic mass is 9.52. The highest BCUT2D eigenvalue weighted by molar-refractivity contribution is 7.46. The Morgan fingerprint density at radius 2 is 2.03 bits per heavy atom. The van der Waals surface area contributed by atoms with Crippen LogP contribution in [0.1, 0.15) is 76.3 Å². The summed E-state index contributed by atoms with van der Waals surface area (Å²) in [6, 6.07) is 4.76. The van der Waals surface area contributed by atoms with E-state index < -0.39 is 20.0 Å². The number of likely N-dealkylation sites (N-methyl/N-ethyl adjacent to an activating group) is 1. The molecule has 4 N–H and O–H groups in total. The van der Waals surface area contributed by atoms with Crippen LogP contribution in [-0.4, -0.2) is 46.2 Å². The lowest BCUT2D eigenvalue weighted by Crippen LogP contribution is -2.50. The third kappa shape index (κ3) is 5.19. The van der Waals surface area contributed by atoms with Gasteiger partial charge in [-0.05, 0) is 93.0 Å². The molecule has 0 aromatic heterocycles. The molecule has 0 aliphatic heterocycles. The van der Waals surface area contributed by atoms with Crippen molar-refractivity contribution in [3.63, 3.8) is 0 Å². The van der Waals surface area contributed by atoms with Crippen LogP contribution in [0.5, 0.6) is 5.75 Å². The van der Waals surface area contributed by atoms with Crippen LogP contribution in [0.3, 0.4) is 0 Å². The maximum Gasteiger partial charge on any atom is 0.524 e. The van der Waals surface area contributed by atoms with E-state index in [0.29, 0.717) is 23.7 Å². The summed E-state index contributed by atoms with van der Waals surface area (Å²) in [5, 5.41) is 12.8. The Morgan fingerprint density at radius 3 is 2.66 bits per heavy atom. The summed E-state index contributed by atoms with van der Waals surface area (Å²) in [7, 11) is -2.94. The number of aliphatic hydroxyl groups is 1. The Morgan fingerprint density at radius 1 is 1.29 bits per heavy atom. The van der Waals surface area contributed by atoms with E-state index in [1.54, 1.807) is 20.0 Å². The number of ether oxygens (including phenoxy) is 1. The second kappa shape index (κ2) is 10.1. The third-order valence-corrected chi connectivity index (χ3v) is 9.42. The van der Waals surface area contributed by atoms with E-state index >= 15 is 0 Å². The highest BCUT2D eigenvalue weighted by Gasteiger charge is 2.58. The minimum absolute atomic E-state index is 0.0965. The largest absolute Gasteiger partial charge is 0.524 e. The number of rotatable bonds is 8. The van der Waals surface area contributed by atoms with E-state index in [9.17, 15) is 24.3 Å². The Labute approximate surface area is 208 Å². The average Bonchev–Trinajstić information content (AvgIpc) is 3.08. The maximum absolute atomic E-state index is 12.8. The topological polar surface area (TPSA) is 125 Å². The minimum Gasteiger partial charge on any atom is -0.461 e. The van der Waals surface area contributed by atoms with Gasteiger partial charge in [0.1, 0.15) is 17.9 Å². The van der Waals surface area contributed by atoms with Crippen LogP contribution in [0.4, 0.5) is 0 Å². The van der Waals surface area contributed by atoms with Crippen LogP contribution in [0.15, 0.2) is 18.2 Å². The van der Waals surface area contributed by atoms with Crippen molar-refractivity contribution in [2.45, 2.75) is 89.9 Å². The summed E-state index contributed by atoms with van der Waals surface area (Å²) in [6.07, 6.45) is 5.85. The number of esters is 1. The second-order valence-electron chi connectivity index (χ2n) is 11.0. The minimum atomic E-state index is -4.60. The van der Waals surface area contributed by atoms with Gasteiger partial charge >= 0.3 is 13.8 Å². The van der Waals surface area contributed by atoms with Crippen LogP contribution in [0, 0.1) is 23.2 Å². The number of benzene rings is 1. The van der Waals surface area contributed by atoms with Gasteiger partial charge < -0.3 is 19.7 Å². The van der Waals surface area contributed by atoms with Gasteiger partial charge in [0.05, 0.1) is 6.10 Å². The number of carbonyl (C=O) groups excluding carboxylic acids is 1. The summed E-state index contributed by atoms with van der Waals surface area (Å²) in [5.74, 6) is 1.60. The standard InChI is InChI=1S/C26H40NO7P/c1-5-6-16-13-17-14-18(34-35(30,31)32)7-8-19(17)20-11-12-26(3)21(23(16)20)9-10-22(26)33-25(29)24(27-4)15(2)28/h7-8,14-16,20-24,27-28H,5-6,9-13H2,1-4H3,(H2,30,31,32)/t15-,16+,20+,21-,22-,23+,24+,26-/m0/s1. The number of hydrogen-bond donors (Lipinski definition) is 4. The number of carbonyl (C=O) groups is 1. The van der Waals surface area contributed by atoms with E-state index in [4.69, 9.17) is 9.26 Å². The first-order valence-corrected chi connectivity index (χ1v) is 14.4. The van der Waals surface area contributed by atoms with Gasteiger partial charge in [0.2, 0.25) is 0 Å². The highest BCUT2D eigenvalue weighted by Crippen LogP contribution is 2.63. The molecule has 2 saturated carbocycles. The molecule has 9 heteroatoms. The Balaban J connectivity index is 1.60. The average molecular weight is 510 g/mol. The molecule has 3 aliphatic carbocycles. The van der Waals surface area contributed by atoms with Crippen molar-refractivity contribution in [2.24, 2.45) is 23.2 Å². The molecule has 196 valence electrons. The summed E-state index contributed by atoms with van der Waals surface area (Å²) < 4.78 is 22.3. The van der Waals surface area contributed by atoms with Crippen molar-refractivity contribution in [3.8, 4) is 5.75 Å². The van der Waals surface area contributed by atoms with Gasteiger partial charge in [0.15, 0.2) is 0 Å². The fourth-order valence-corrected chi connectivity index (χ4v) is 7.92. The zero-order valence-electron chi connectivity index (χ0n) is 21.1. The molecule has 0 bridgehead atoms. The first-order chi connectivity index (χ1) is 16.5. The van der Waals surface area contributed by atoms with E-state index in [1.807, 2.05) is 12.1 Å². The van der Waals surface area contributed by atoms with Crippen molar-refractivity contribution in [3.05, 3.63) is 29.3 Å². The predicted molar refractivity (Wildman–Crippen MR) is 132 cm³/mol. The molecule has 1 aromatic rings. The number of phosphoric ester groups is 1. The molecule has 35 heavy (non-hydrogen) atoms. The lowest BCUT2D eigenvalue weighted by molar-refractivity contribution is -0.163. The molecule has 0 spiro atoms. The van der Waals surface area contributed by atoms with Crippen molar-refractivity contribution in [1.82, 2.24) is 5.32 Å². The second-order valence-corrected chi connectivity index (χ2v) is 12.2. The number of phosphoric acid groups is 1. The van der Waals surface area contributed by atoms with E-state index in [-0.39, 0.29) is 23.2 Å². The lowest BCUT2D eigenvalue weighted by Gasteiger charge is -2.53. The molecular weight excluding hydrogens is 469 g/mol. The smallest absolute Gasteiger partial charge is 0.461 e. The molecule has 0 amide bonds. The molecule has 2 fully saturated rings. The summed E-state index contributed by atoms with van der Waals surface area (Å²) in [6.45, 7) is 6.08. The molecule has 0 radical (unpaired) electrons. The van der Waals surface area contributed by atoms with Gasteiger partial charge in [-0.3, -0.25) is 14.6 Å². The molecule has 8 atom stereocenters. The van der Waals surface area contributed by atoms with Crippen molar-refractivity contribution >= 4 is 13.8 Å². The first kappa shape index (κ1) is 26.6. The molecule has 8 nitrogen and oxygen atoms in total. The van der Waals surface area contributed by atoms with Gasteiger partial charge in [0.25, 0.3) is 0 Å². The van der Waals surface area contributed by atoms with Gasteiger partial charge in [-0.1, -0.05) is 32.8 Å². The summed E-state index contributed by atoms with van der Waals surface area (Å²) in [5.41, 5.74) is 2.31. The van der Waals surface area contributed by atoms with E-state index in [2.05, 4.69) is 19.2 Å². The van der Waals surface area contributed by atoms with Crippen LogP contribution >= 0.6 is 7.82 Å². The number of nitrogens with one attached hydrogen (secondary N) is 1. The molecule has 3 aliphatic rings. The van der Waals surface area contributed by atoms with Crippen LogP contribution in [-0.2, 0) is 20.5 Å². The van der Waals surface area contributed by atoms with E-state index in [1.165, 1.54) is 5.56 Å². The summed E-state index contributed by atoms with van der Waals surface area (Å²) in [4.78, 5) is 31.3. The van der Waals surface area contributed by atoms with Crippen LogP contribution in [0.2, 0.25) is 0 Å². The molecule has 1 aromatic carbocycles. The molecule has 0 saturated heterocycles. The Hall–Kier alpha value is -1.44. The highest BCUT2D eigenvalue weighted by atomic mass is 31.2. The molecule has 4 rings (SSSR count). The van der Waals surface area contributed by atoms with Crippen LogP contribution in [0.25, 0.3) is 0 Å². The van der Waals surface area contributed by atoms with Gasteiger partial charge in [-0.2, -0.15) is 0 Å². The first-order valence-electron chi connectivity index (χ1n) is 12.9. The Bertz CT molecular complexity index is 978. The van der Waals surface area contributed by atoms with Gasteiger partial charge in [-0.15, -0.1) is 0 Å². The zero-order chi connectivity index (χ0) is 25.5. The van der Waals surface area contributed by atoms with Crippen molar-refractivity contribution in [1.29, 1.82) is 0 Å². The summed E-state index contributed by atoms with van der Waals surface area (Å²) >= 11 is 0. The fourth-order valence-electron chi connectivity index (χ4n) is 7.53. The van der Waals surface area contributed by atoms with Crippen LogP contribution < -0.4 is 9.84 Å². The monoisotopic (exact) mass is 509 g/mol. The quantitative estimate of drug-likeness (QED) is 0.307. The molecular formula is C26H40NO7P. The zero-order valence-corrected chi connectivity index (χ0v) is 22.0. The maximum atomic E-state index is 12.8. The number of hydrogen-bond acceptors (Lipinski definition) is 6. The molecule has 0 heterocycles. The predicted octanol–water partition coefficient (Wildman–Crippen LogP) is 3.92. The Kier molecular flexibility index (Phi) is 7.71. The van der Waals surface area contributed by atoms with Crippen molar-refractivity contribution in [2.75, 3.05) is 7.05 Å².